The predicted octanol–water partition coefficient (Wildman–Crippen LogP) is 4.30. The standard InChI is InChI=1S/C22H21FN2O2/c1-15-12-16-6-3-5-9-20(16)25(15)14-21-18(10-11-27-21)22(26)24-13-17-7-2-4-8-19(17)23/h2-11,15H,12-14H2,1H3,(H,24,26). The zero-order valence-electron chi connectivity index (χ0n) is 15.1. The first kappa shape index (κ1) is 17.3. The average Bonchev–Trinajstić information content (AvgIpc) is 3.26. The number of rotatable bonds is 5. The molecule has 5 heteroatoms. The van der Waals surface area contributed by atoms with E-state index in [4.69, 9.17) is 4.42 Å². The number of para-hydroxylation sites is 1. The van der Waals surface area contributed by atoms with E-state index in [1.165, 1.54) is 23.6 Å². The van der Waals surface area contributed by atoms with E-state index in [1.807, 2.05) is 12.1 Å². The molecule has 1 aliphatic rings. The smallest absolute Gasteiger partial charge is 0.255 e. The van der Waals surface area contributed by atoms with Crippen molar-refractivity contribution in [1.29, 1.82) is 0 Å². The fourth-order valence-electron chi connectivity index (χ4n) is 3.60. The fraction of sp³-hybridized carbons (Fsp3) is 0.227. The number of nitrogens with zero attached hydrogens (tertiary/aromatic N) is 1. The van der Waals surface area contributed by atoms with Gasteiger partial charge in [0.15, 0.2) is 0 Å². The topological polar surface area (TPSA) is 45.5 Å². The Kier molecular flexibility index (Phi) is 4.67. The Labute approximate surface area is 157 Å². The van der Waals surface area contributed by atoms with E-state index < -0.39 is 0 Å². The molecule has 1 unspecified atom stereocenters. The van der Waals surface area contributed by atoms with E-state index in [2.05, 4.69) is 29.3 Å². The van der Waals surface area contributed by atoms with Gasteiger partial charge in [-0.2, -0.15) is 0 Å². The van der Waals surface area contributed by atoms with Crippen LogP contribution in [0.25, 0.3) is 0 Å². The zero-order chi connectivity index (χ0) is 18.8. The zero-order valence-corrected chi connectivity index (χ0v) is 15.1. The van der Waals surface area contributed by atoms with Crippen molar-refractivity contribution in [3.05, 3.63) is 89.1 Å². The fourth-order valence-corrected chi connectivity index (χ4v) is 3.60. The summed E-state index contributed by atoms with van der Waals surface area (Å²) in [5.74, 6) is 0.0273. The van der Waals surface area contributed by atoms with Gasteiger partial charge in [0.2, 0.25) is 0 Å². The highest BCUT2D eigenvalue weighted by Gasteiger charge is 2.27. The molecule has 3 aromatic rings. The number of hydrogen-bond donors (Lipinski definition) is 1. The van der Waals surface area contributed by atoms with Crippen molar-refractivity contribution in [2.45, 2.75) is 32.5 Å². The van der Waals surface area contributed by atoms with Gasteiger partial charge in [0, 0.05) is 23.8 Å². The first-order valence-corrected chi connectivity index (χ1v) is 9.06. The third-order valence-electron chi connectivity index (χ3n) is 5.05. The molecule has 138 valence electrons. The molecule has 1 amide bonds. The van der Waals surface area contributed by atoms with Crippen molar-refractivity contribution in [3.63, 3.8) is 0 Å². The Morgan fingerprint density at radius 2 is 1.96 bits per heavy atom. The summed E-state index contributed by atoms with van der Waals surface area (Å²) in [7, 11) is 0. The predicted molar refractivity (Wildman–Crippen MR) is 102 cm³/mol. The number of anilines is 1. The maximum atomic E-state index is 13.7. The largest absolute Gasteiger partial charge is 0.467 e. The Hall–Kier alpha value is -3.08. The van der Waals surface area contributed by atoms with Gasteiger partial charge in [0.1, 0.15) is 11.6 Å². The van der Waals surface area contributed by atoms with Crippen LogP contribution in [0, 0.1) is 5.82 Å². The summed E-state index contributed by atoms with van der Waals surface area (Å²) in [5.41, 5.74) is 3.43. The Morgan fingerprint density at radius 3 is 2.81 bits per heavy atom. The molecule has 27 heavy (non-hydrogen) atoms. The third kappa shape index (κ3) is 3.45. The molecule has 1 aromatic heterocycles. The number of fused-ring (bicyclic) bond motifs is 1. The summed E-state index contributed by atoms with van der Waals surface area (Å²) in [5, 5.41) is 2.78. The van der Waals surface area contributed by atoms with Crippen LogP contribution < -0.4 is 10.2 Å². The lowest BCUT2D eigenvalue weighted by molar-refractivity contribution is 0.0948. The second-order valence-corrected chi connectivity index (χ2v) is 6.84. The molecule has 2 heterocycles. The highest BCUT2D eigenvalue weighted by molar-refractivity contribution is 5.95. The molecule has 1 atom stereocenters. The lowest BCUT2D eigenvalue weighted by Crippen LogP contribution is -2.30. The van der Waals surface area contributed by atoms with Gasteiger partial charge < -0.3 is 14.6 Å². The first-order chi connectivity index (χ1) is 13.1. The van der Waals surface area contributed by atoms with Crippen LogP contribution in [-0.4, -0.2) is 11.9 Å². The van der Waals surface area contributed by atoms with Crippen molar-refractivity contribution in [2.24, 2.45) is 0 Å². The summed E-state index contributed by atoms with van der Waals surface area (Å²) in [6.45, 7) is 2.83. The van der Waals surface area contributed by atoms with E-state index in [1.54, 1.807) is 24.3 Å². The molecule has 0 saturated carbocycles. The summed E-state index contributed by atoms with van der Waals surface area (Å²) in [4.78, 5) is 14.9. The number of carbonyl (C=O) groups is 1. The molecular weight excluding hydrogens is 343 g/mol. The van der Waals surface area contributed by atoms with Crippen molar-refractivity contribution >= 4 is 11.6 Å². The van der Waals surface area contributed by atoms with E-state index in [-0.39, 0.29) is 18.3 Å². The van der Waals surface area contributed by atoms with Crippen LogP contribution >= 0.6 is 0 Å². The van der Waals surface area contributed by atoms with E-state index in [0.717, 1.165) is 6.42 Å². The van der Waals surface area contributed by atoms with Crippen LogP contribution in [0.3, 0.4) is 0 Å². The normalized spacial score (nSPS) is 15.6. The maximum absolute atomic E-state index is 13.7. The van der Waals surface area contributed by atoms with E-state index in [0.29, 0.717) is 29.5 Å². The molecule has 0 aliphatic carbocycles. The third-order valence-corrected chi connectivity index (χ3v) is 5.05. The molecular formula is C22H21FN2O2. The number of halogens is 1. The minimum absolute atomic E-state index is 0.138. The van der Waals surface area contributed by atoms with Crippen LogP contribution in [0.4, 0.5) is 10.1 Å². The lowest BCUT2D eigenvalue weighted by atomic mass is 10.1. The van der Waals surface area contributed by atoms with Crippen LogP contribution in [0.2, 0.25) is 0 Å². The SMILES string of the molecule is CC1Cc2ccccc2N1Cc1occc1C(=O)NCc1ccccc1F. The lowest BCUT2D eigenvalue weighted by Gasteiger charge is -2.24. The van der Waals surface area contributed by atoms with E-state index in [9.17, 15) is 9.18 Å². The van der Waals surface area contributed by atoms with Crippen molar-refractivity contribution in [2.75, 3.05) is 4.90 Å². The number of carbonyl (C=O) groups excluding carboxylic acids is 1. The molecule has 2 aromatic carbocycles. The molecule has 1 N–H and O–H groups in total. The molecule has 4 nitrogen and oxygen atoms in total. The second-order valence-electron chi connectivity index (χ2n) is 6.84. The molecule has 0 spiro atoms. The minimum atomic E-state index is -0.326. The van der Waals surface area contributed by atoms with Gasteiger partial charge in [-0.25, -0.2) is 4.39 Å². The summed E-state index contributed by atoms with van der Waals surface area (Å²) in [6, 6.07) is 16.7. The number of furan rings is 1. The number of amides is 1. The number of hydrogen-bond acceptors (Lipinski definition) is 3. The molecule has 0 radical (unpaired) electrons. The molecule has 0 fully saturated rings. The molecule has 0 saturated heterocycles. The van der Waals surface area contributed by atoms with E-state index >= 15 is 0 Å². The van der Waals surface area contributed by atoms with Gasteiger partial charge in [0.25, 0.3) is 5.91 Å². The Balaban J connectivity index is 1.48. The van der Waals surface area contributed by atoms with Gasteiger partial charge in [-0.1, -0.05) is 36.4 Å². The number of benzene rings is 2. The maximum Gasteiger partial charge on any atom is 0.255 e. The van der Waals surface area contributed by atoms with Gasteiger partial charge in [0.05, 0.1) is 18.4 Å². The van der Waals surface area contributed by atoms with Crippen LogP contribution in [0.5, 0.6) is 0 Å². The van der Waals surface area contributed by atoms with Crippen LogP contribution in [0.15, 0.2) is 65.3 Å². The van der Waals surface area contributed by atoms with Crippen molar-refractivity contribution < 1.29 is 13.6 Å². The summed E-state index contributed by atoms with van der Waals surface area (Å²) in [6.07, 6.45) is 2.51. The monoisotopic (exact) mass is 364 g/mol. The van der Waals surface area contributed by atoms with Gasteiger partial charge in [-0.3, -0.25) is 4.79 Å². The van der Waals surface area contributed by atoms with Crippen LogP contribution in [0.1, 0.15) is 34.2 Å². The Morgan fingerprint density at radius 1 is 1.19 bits per heavy atom. The highest BCUT2D eigenvalue weighted by atomic mass is 19.1. The molecule has 1 aliphatic heterocycles. The average molecular weight is 364 g/mol. The van der Waals surface area contributed by atoms with Crippen molar-refractivity contribution in [1.82, 2.24) is 5.32 Å². The quantitative estimate of drug-likeness (QED) is 0.734. The Bertz CT molecular complexity index is 966. The van der Waals surface area contributed by atoms with Gasteiger partial charge in [-0.05, 0) is 37.1 Å². The summed E-state index contributed by atoms with van der Waals surface area (Å²) < 4.78 is 19.3. The minimum Gasteiger partial charge on any atom is -0.467 e. The van der Waals surface area contributed by atoms with Crippen molar-refractivity contribution in [3.8, 4) is 0 Å². The van der Waals surface area contributed by atoms with Gasteiger partial charge in [-0.15, -0.1) is 0 Å². The molecule has 4 rings (SSSR count). The highest BCUT2D eigenvalue weighted by Crippen LogP contribution is 2.33. The number of nitrogens with one attached hydrogen (secondary N) is 1. The summed E-state index contributed by atoms with van der Waals surface area (Å²) >= 11 is 0. The molecule has 0 bridgehead atoms. The first-order valence-electron chi connectivity index (χ1n) is 9.06. The van der Waals surface area contributed by atoms with Crippen LogP contribution in [-0.2, 0) is 19.5 Å². The van der Waals surface area contributed by atoms with Gasteiger partial charge >= 0.3 is 0 Å². The second kappa shape index (κ2) is 7.27.